The molecule has 0 bridgehead atoms. The zero-order chi connectivity index (χ0) is 17.2. The highest BCUT2D eigenvalue weighted by atomic mass is 35.5. The SMILES string of the molecule is CC(c1ccc(OCC(F)(F)F)nc1)c1ccc(F)c(Cl)c1F. The molecule has 0 aliphatic carbocycles. The molecule has 0 aliphatic rings. The van der Waals surface area contributed by atoms with Crippen molar-refractivity contribution in [1.82, 2.24) is 4.98 Å². The van der Waals surface area contributed by atoms with Gasteiger partial charge in [-0.3, -0.25) is 0 Å². The van der Waals surface area contributed by atoms with Gasteiger partial charge in [-0.05, 0) is 17.2 Å². The number of rotatable bonds is 4. The van der Waals surface area contributed by atoms with Crippen molar-refractivity contribution in [2.75, 3.05) is 6.61 Å². The first-order valence-electron chi connectivity index (χ1n) is 6.48. The number of halogens is 6. The van der Waals surface area contributed by atoms with Gasteiger partial charge in [0, 0.05) is 18.2 Å². The Hall–Kier alpha value is -1.89. The molecular weight excluding hydrogens is 341 g/mol. The lowest BCUT2D eigenvalue weighted by atomic mass is 9.94. The molecule has 1 aromatic carbocycles. The summed E-state index contributed by atoms with van der Waals surface area (Å²) in [6, 6.07) is 5.02. The summed E-state index contributed by atoms with van der Waals surface area (Å²) >= 11 is 5.53. The van der Waals surface area contributed by atoms with Crippen LogP contribution in [-0.4, -0.2) is 17.8 Å². The number of pyridine rings is 1. The summed E-state index contributed by atoms with van der Waals surface area (Å²) in [6.45, 7) is 0.191. The maximum absolute atomic E-state index is 14.0. The smallest absolute Gasteiger partial charge is 0.422 e. The molecule has 1 aromatic heterocycles. The Morgan fingerprint density at radius 1 is 1.17 bits per heavy atom. The molecule has 0 radical (unpaired) electrons. The van der Waals surface area contributed by atoms with Gasteiger partial charge in [0.15, 0.2) is 6.61 Å². The van der Waals surface area contributed by atoms with Crippen molar-refractivity contribution in [1.29, 1.82) is 0 Å². The summed E-state index contributed by atoms with van der Waals surface area (Å²) in [5.74, 6) is -2.46. The first kappa shape index (κ1) is 17.5. The summed E-state index contributed by atoms with van der Waals surface area (Å²) in [4.78, 5) is 3.75. The lowest BCUT2D eigenvalue weighted by molar-refractivity contribution is -0.154. The largest absolute Gasteiger partial charge is 0.468 e. The number of benzene rings is 1. The van der Waals surface area contributed by atoms with Crippen LogP contribution in [0.5, 0.6) is 5.88 Å². The van der Waals surface area contributed by atoms with Crippen LogP contribution in [-0.2, 0) is 0 Å². The Labute approximate surface area is 133 Å². The number of aromatic nitrogens is 1. The van der Waals surface area contributed by atoms with Crippen molar-refractivity contribution in [3.63, 3.8) is 0 Å². The predicted molar refractivity (Wildman–Crippen MR) is 74.7 cm³/mol. The van der Waals surface area contributed by atoms with Crippen LogP contribution >= 0.6 is 11.6 Å². The van der Waals surface area contributed by atoms with Crippen LogP contribution in [0.3, 0.4) is 0 Å². The maximum Gasteiger partial charge on any atom is 0.422 e. The molecule has 0 amide bonds. The van der Waals surface area contributed by atoms with Crippen LogP contribution in [0.25, 0.3) is 0 Å². The highest BCUT2D eigenvalue weighted by Gasteiger charge is 2.28. The molecule has 23 heavy (non-hydrogen) atoms. The van der Waals surface area contributed by atoms with Crippen LogP contribution in [0.15, 0.2) is 30.5 Å². The average Bonchev–Trinajstić information content (AvgIpc) is 2.50. The normalized spacial score (nSPS) is 13.0. The molecular formula is C15H11ClF5NO. The molecule has 0 fully saturated rings. The van der Waals surface area contributed by atoms with Crippen molar-refractivity contribution >= 4 is 11.6 Å². The van der Waals surface area contributed by atoms with Crippen LogP contribution in [0, 0.1) is 11.6 Å². The van der Waals surface area contributed by atoms with Gasteiger partial charge >= 0.3 is 6.18 Å². The highest BCUT2D eigenvalue weighted by molar-refractivity contribution is 6.30. The zero-order valence-electron chi connectivity index (χ0n) is 11.8. The predicted octanol–water partition coefficient (Wildman–Crippen LogP) is 5.11. The molecule has 0 N–H and O–H groups in total. The number of alkyl halides is 3. The van der Waals surface area contributed by atoms with E-state index in [1.165, 1.54) is 24.4 Å². The third-order valence-corrected chi connectivity index (χ3v) is 3.52. The van der Waals surface area contributed by atoms with Crippen LogP contribution < -0.4 is 4.74 Å². The number of ether oxygens (including phenoxy) is 1. The van der Waals surface area contributed by atoms with Crippen LogP contribution in [0.1, 0.15) is 24.0 Å². The second kappa shape index (κ2) is 6.70. The fourth-order valence-electron chi connectivity index (χ4n) is 1.94. The summed E-state index contributed by atoms with van der Waals surface area (Å²) in [5, 5.41) is -0.604. The standard InChI is InChI=1S/C15H11ClF5NO/c1-8(10-3-4-11(17)13(16)14(10)18)9-2-5-12(22-6-9)23-7-15(19,20)21/h2-6,8H,7H2,1H3. The van der Waals surface area contributed by atoms with Gasteiger partial charge in [0.25, 0.3) is 0 Å². The van der Waals surface area contributed by atoms with Gasteiger partial charge in [0.05, 0.1) is 0 Å². The summed E-state index contributed by atoms with van der Waals surface area (Å²) in [7, 11) is 0. The Morgan fingerprint density at radius 3 is 2.43 bits per heavy atom. The maximum atomic E-state index is 14.0. The minimum absolute atomic E-state index is 0.155. The first-order chi connectivity index (χ1) is 10.7. The van der Waals surface area contributed by atoms with E-state index in [4.69, 9.17) is 11.6 Å². The van der Waals surface area contributed by atoms with E-state index >= 15 is 0 Å². The van der Waals surface area contributed by atoms with E-state index in [9.17, 15) is 22.0 Å². The third kappa shape index (κ3) is 4.31. The molecule has 0 aliphatic heterocycles. The fourth-order valence-corrected chi connectivity index (χ4v) is 2.12. The number of nitrogens with zero attached hydrogens (tertiary/aromatic N) is 1. The Balaban J connectivity index is 2.18. The fraction of sp³-hybridized carbons (Fsp3) is 0.267. The Bertz CT molecular complexity index is 688. The molecule has 1 unspecified atom stereocenters. The van der Waals surface area contributed by atoms with E-state index in [2.05, 4.69) is 9.72 Å². The first-order valence-corrected chi connectivity index (χ1v) is 6.85. The van der Waals surface area contributed by atoms with Crippen molar-refractivity contribution in [2.24, 2.45) is 0 Å². The molecule has 2 aromatic rings. The average molecular weight is 352 g/mol. The quantitative estimate of drug-likeness (QED) is 0.564. The van der Waals surface area contributed by atoms with Crippen molar-refractivity contribution in [2.45, 2.75) is 19.0 Å². The van der Waals surface area contributed by atoms with Crippen LogP contribution in [0.4, 0.5) is 22.0 Å². The molecule has 124 valence electrons. The van der Waals surface area contributed by atoms with Gasteiger partial charge in [-0.15, -0.1) is 0 Å². The Kier molecular flexibility index (Phi) is 5.09. The third-order valence-electron chi connectivity index (χ3n) is 3.17. The molecule has 2 rings (SSSR count). The molecule has 1 atom stereocenters. The van der Waals surface area contributed by atoms with Crippen LogP contribution in [0.2, 0.25) is 5.02 Å². The molecule has 8 heteroatoms. The van der Waals surface area contributed by atoms with Crippen molar-refractivity contribution in [3.8, 4) is 5.88 Å². The van der Waals surface area contributed by atoms with Gasteiger partial charge in [-0.25, -0.2) is 13.8 Å². The monoisotopic (exact) mass is 351 g/mol. The van der Waals surface area contributed by atoms with E-state index in [1.807, 2.05) is 0 Å². The van der Waals surface area contributed by atoms with E-state index in [1.54, 1.807) is 6.92 Å². The zero-order valence-corrected chi connectivity index (χ0v) is 12.6. The molecule has 2 nitrogen and oxygen atoms in total. The number of hydrogen-bond acceptors (Lipinski definition) is 2. The second-order valence-corrected chi connectivity index (χ2v) is 5.20. The van der Waals surface area contributed by atoms with Crippen molar-refractivity contribution < 1.29 is 26.7 Å². The summed E-state index contributed by atoms with van der Waals surface area (Å²) in [6.07, 6.45) is -3.19. The molecule has 1 heterocycles. The van der Waals surface area contributed by atoms with Crippen molar-refractivity contribution in [3.05, 3.63) is 58.2 Å². The molecule has 0 saturated heterocycles. The lowest BCUT2D eigenvalue weighted by Gasteiger charge is -2.15. The number of hydrogen-bond donors (Lipinski definition) is 0. The van der Waals surface area contributed by atoms with Gasteiger partial charge in [-0.1, -0.05) is 30.7 Å². The Morgan fingerprint density at radius 2 is 1.87 bits per heavy atom. The van der Waals surface area contributed by atoms with E-state index in [0.29, 0.717) is 5.56 Å². The second-order valence-electron chi connectivity index (χ2n) is 4.82. The molecule has 0 saturated carbocycles. The summed E-state index contributed by atoms with van der Waals surface area (Å²) < 4.78 is 67.8. The van der Waals surface area contributed by atoms with Gasteiger partial charge in [0.2, 0.25) is 5.88 Å². The topological polar surface area (TPSA) is 22.1 Å². The van der Waals surface area contributed by atoms with E-state index in [0.717, 1.165) is 6.07 Å². The van der Waals surface area contributed by atoms with E-state index in [-0.39, 0.29) is 11.4 Å². The summed E-state index contributed by atoms with van der Waals surface area (Å²) in [5.41, 5.74) is 0.674. The minimum Gasteiger partial charge on any atom is -0.468 e. The van der Waals surface area contributed by atoms with Gasteiger partial charge in [0.1, 0.15) is 16.7 Å². The highest BCUT2D eigenvalue weighted by Crippen LogP contribution is 2.31. The van der Waals surface area contributed by atoms with Gasteiger partial charge < -0.3 is 4.74 Å². The van der Waals surface area contributed by atoms with E-state index < -0.39 is 35.4 Å². The van der Waals surface area contributed by atoms with Gasteiger partial charge in [-0.2, -0.15) is 13.2 Å². The lowest BCUT2D eigenvalue weighted by Crippen LogP contribution is -2.19. The minimum atomic E-state index is -4.46. The molecule has 0 spiro atoms.